The zero-order valence-electron chi connectivity index (χ0n) is 9.95. The van der Waals surface area contributed by atoms with Crippen LogP contribution in [0.2, 0.25) is 0 Å². The zero-order chi connectivity index (χ0) is 13.4. The second kappa shape index (κ2) is 4.14. The lowest BCUT2D eigenvalue weighted by molar-refractivity contribution is -0.384. The molecule has 1 aromatic heterocycles. The smallest absolute Gasteiger partial charge is 0.352 e. The quantitative estimate of drug-likeness (QED) is 0.668. The molecule has 6 nitrogen and oxygen atoms in total. The molecule has 1 aromatic carbocycles. The van der Waals surface area contributed by atoms with Crippen molar-refractivity contribution in [1.82, 2.24) is 4.57 Å². The number of benzene rings is 1. The summed E-state index contributed by atoms with van der Waals surface area (Å²) in [5.74, 6) is -1.04. The molecule has 2 rings (SSSR count). The van der Waals surface area contributed by atoms with Crippen LogP contribution in [0.25, 0.3) is 10.9 Å². The molecule has 0 aliphatic rings. The highest BCUT2D eigenvalue weighted by Crippen LogP contribution is 2.27. The van der Waals surface area contributed by atoms with E-state index in [9.17, 15) is 14.9 Å². The van der Waals surface area contributed by atoms with Gasteiger partial charge < -0.3 is 9.67 Å². The second-order valence-electron chi connectivity index (χ2n) is 4.30. The minimum absolute atomic E-state index is 0.0324. The van der Waals surface area contributed by atoms with Gasteiger partial charge in [0.15, 0.2) is 0 Å². The molecule has 0 spiro atoms. The Labute approximate surface area is 103 Å². The first-order chi connectivity index (χ1) is 8.41. The fourth-order valence-corrected chi connectivity index (χ4v) is 2.06. The summed E-state index contributed by atoms with van der Waals surface area (Å²) >= 11 is 0. The van der Waals surface area contributed by atoms with Crippen LogP contribution in [0.5, 0.6) is 0 Å². The van der Waals surface area contributed by atoms with Gasteiger partial charge in [-0.1, -0.05) is 0 Å². The number of carboxylic acid groups (broad SMARTS) is 1. The van der Waals surface area contributed by atoms with Crippen molar-refractivity contribution in [3.63, 3.8) is 0 Å². The SMILES string of the molecule is CC(C)n1c(C(=O)O)cc2cc([N+](=O)[O-])ccc21. The summed E-state index contributed by atoms with van der Waals surface area (Å²) in [6.07, 6.45) is 0. The van der Waals surface area contributed by atoms with Gasteiger partial charge in [0.2, 0.25) is 0 Å². The maximum Gasteiger partial charge on any atom is 0.352 e. The Hall–Kier alpha value is -2.37. The fraction of sp³-hybridized carbons (Fsp3) is 0.250. The van der Waals surface area contributed by atoms with Crippen molar-refractivity contribution in [2.45, 2.75) is 19.9 Å². The van der Waals surface area contributed by atoms with Crippen molar-refractivity contribution in [3.05, 3.63) is 40.1 Å². The van der Waals surface area contributed by atoms with Gasteiger partial charge >= 0.3 is 5.97 Å². The van der Waals surface area contributed by atoms with Gasteiger partial charge in [0, 0.05) is 29.1 Å². The number of non-ortho nitro benzene ring substituents is 1. The summed E-state index contributed by atoms with van der Waals surface area (Å²) in [4.78, 5) is 21.4. The average Bonchev–Trinajstić information content (AvgIpc) is 2.66. The van der Waals surface area contributed by atoms with Crippen LogP contribution in [-0.4, -0.2) is 20.6 Å². The average molecular weight is 248 g/mol. The van der Waals surface area contributed by atoms with E-state index in [0.29, 0.717) is 10.9 Å². The summed E-state index contributed by atoms with van der Waals surface area (Å²) in [6.45, 7) is 3.74. The maximum atomic E-state index is 11.2. The standard InChI is InChI=1S/C12H12N2O4/c1-7(2)13-10-4-3-9(14(17)18)5-8(10)6-11(13)12(15)16/h3-7H,1-2H3,(H,15,16). The van der Waals surface area contributed by atoms with Crippen LogP contribution >= 0.6 is 0 Å². The molecule has 1 heterocycles. The van der Waals surface area contributed by atoms with Crippen LogP contribution in [0.15, 0.2) is 24.3 Å². The normalized spacial score (nSPS) is 11.1. The third-order valence-corrected chi connectivity index (χ3v) is 2.77. The molecular formula is C12H12N2O4. The third kappa shape index (κ3) is 1.81. The van der Waals surface area contributed by atoms with Crippen molar-refractivity contribution in [2.24, 2.45) is 0 Å². The molecule has 0 unspecified atom stereocenters. The monoisotopic (exact) mass is 248 g/mol. The minimum Gasteiger partial charge on any atom is -0.477 e. The first-order valence-corrected chi connectivity index (χ1v) is 5.44. The highest BCUT2D eigenvalue weighted by atomic mass is 16.6. The molecule has 0 saturated heterocycles. The van der Waals surface area contributed by atoms with Gasteiger partial charge in [-0.05, 0) is 26.0 Å². The van der Waals surface area contributed by atoms with Crippen LogP contribution in [-0.2, 0) is 0 Å². The van der Waals surface area contributed by atoms with Crippen molar-refractivity contribution in [1.29, 1.82) is 0 Å². The predicted octanol–water partition coefficient (Wildman–Crippen LogP) is 2.83. The van der Waals surface area contributed by atoms with Gasteiger partial charge in [0.1, 0.15) is 5.69 Å². The Morgan fingerprint density at radius 2 is 2.06 bits per heavy atom. The molecule has 6 heteroatoms. The minimum atomic E-state index is -1.04. The molecule has 0 bridgehead atoms. The second-order valence-corrected chi connectivity index (χ2v) is 4.30. The van der Waals surface area contributed by atoms with Crippen LogP contribution in [0.4, 0.5) is 5.69 Å². The van der Waals surface area contributed by atoms with E-state index in [-0.39, 0.29) is 17.4 Å². The highest BCUT2D eigenvalue weighted by Gasteiger charge is 2.18. The van der Waals surface area contributed by atoms with Gasteiger partial charge in [-0.25, -0.2) is 4.79 Å². The van der Waals surface area contributed by atoms with Crippen LogP contribution in [0, 0.1) is 10.1 Å². The Balaban J connectivity index is 2.76. The molecule has 18 heavy (non-hydrogen) atoms. The van der Waals surface area contributed by atoms with Gasteiger partial charge in [0.05, 0.1) is 4.92 Å². The van der Waals surface area contributed by atoms with E-state index in [4.69, 9.17) is 5.11 Å². The number of carbonyl (C=O) groups is 1. The van der Waals surface area contributed by atoms with Gasteiger partial charge in [-0.2, -0.15) is 0 Å². The number of nitrogens with zero attached hydrogens (tertiary/aromatic N) is 2. The number of aromatic carboxylic acids is 1. The van der Waals surface area contributed by atoms with Gasteiger partial charge in [0.25, 0.3) is 5.69 Å². The Morgan fingerprint density at radius 3 is 2.56 bits per heavy atom. The third-order valence-electron chi connectivity index (χ3n) is 2.77. The molecule has 0 atom stereocenters. The fourth-order valence-electron chi connectivity index (χ4n) is 2.06. The Kier molecular flexibility index (Phi) is 2.78. The van der Waals surface area contributed by atoms with E-state index < -0.39 is 10.9 Å². The molecular weight excluding hydrogens is 236 g/mol. The maximum absolute atomic E-state index is 11.2. The summed E-state index contributed by atoms with van der Waals surface area (Å²) in [5, 5.41) is 20.4. The number of nitro groups is 1. The largest absolute Gasteiger partial charge is 0.477 e. The van der Waals surface area contributed by atoms with E-state index >= 15 is 0 Å². The number of aromatic nitrogens is 1. The summed E-state index contributed by atoms with van der Waals surface area (Å²) in [6, 6.07) is 5.79. The lowest BCUT2D eigenvalue weighted by atomic mass is 10.2. The van der Waals surface area contributed by atoms with E-state index in [0.717, 1.165) is 0 Å². The number of fused-ring (bicyclic) bond motifs is 1. The number of carboxylic acids is 1. The van der Waals surface area contributed by atoms with Gasteiger partial charge in [-0.3, -0.25) is 10.1 Å². The Bertz CT molecular complexity index is 643. The zero-order valence-corrected chi connectivity index (χ0v) is 9.95. The molecule has 2 aromatic rings. The molecule has 94 valence electrons. The van der Waals surface area contributed by atoms with Crippen molar-refractivity contribution in [2.75, 3.05) is 0 Å². The van der Waals surface area contributed by atoms with Crippen LogP contribution in [0.1, 0.15) is 30.4 Å². The first kappa shape index (κ1) is 12.1. The molecule has 0 fully saturated rings. The van der Waals surface area contributed by atoms with Crippen molar-refractivity contribution >= 4 is 22.6 Å². The number of hydrogen-bond acceptors (Lipinski definition) is 3. The van der Waals surface area contributed by atoms with E-state index in [2.05, 4.69) is 0 Å². The van der Waals surface area contributed by atoms with Crippen LogP contribution in [0.3, 0.4) is 0 Å². The molecule has 0 aliphatic carbocycles. The molecule has 0 saturated carbocycles. The lowest BCUT2D eigenvalue weighted by Crippen LogP contribution is -2.10. The number of nitro benzene ring substituents is 1. The lowest BCUT2D eigenvalue weighted by Gasteiger charge is -2.11. The van der Waals surface area contributed by atoms with E-state index in [1.165, 1.54) is 18.2 Å². The number of hydrogen-bond donors (Lipinski definition) is 1. The summed E-state index contributed by atoms with van der Waals surface area (Å²) < 4.78 is 1.65. The first-order valence-electron chi connectivity index (χ1n) is 5.44. The highest BCUT2D eigenvalue weighted by molar-refractivity contribution is 5.95. The van der Waals surface area contributed by atoms with Crippen molar-refractivity contribution in [3.8, 4) is 0 Å². The van der Waals surface area contributed by atoms with Crippen LogP contribution < -0.4 is 0 Å². The summed E-state index contributed by atoms with van der Waals surface area (Å²) in [5.41, 5.74) is 0.786. The predicted molar refractivity (Wildman–Crippen MR) is 65.9 cm³/mol. The number of rotatable bonds is 3. The molecule has 0 amide bonds. The van der Waals surface area contributed by atoms with E-state index in [1.54, 1.807) is 10.6 Å². The summed E-state index contributed by atoms with van der Waals surface area (Å²) in [7, 11) is 0. The molecule has 0 radical (unpaired) electrons. The molecule has 1 N–H and O–H groups in total. The topological polar surface area (TPSA) is 85.4 Å². The molecule has 0 aliphatic heterocycles. The van der Waals surface area contributed by atoms with Gasteiger partial charge in [-0.15, -0.1) is 0 Å². The van der Waals surface area contributed by atoms with Crippen molar-refractivity contribution < 1.29 is 14.8 Å². The van der Waals surface area contributed by atoms with E-state index in [1.807, 2.05) is 13.8 Å². The Morgan fingerprint density at radius 1 is 1.39 bits per heavy atom.